The van der Waals surface area contributed by atoms with Gasteiger partial charge in [0, 0.05) is 50.1 Å². The quantitative estimate of drug-likeness (QED) is 0.542. The molecule has 0 aromatic carbocycles. The molecule has 7 nitrogen and oxygen atoms in total. The fourth-order valence-electron chi connectivity index (χ4n) is 4.01. The van der Waals surface area contributed by atoms with Gasteiger partial charge < -0.3 is 15.0 Å². The molecule has 0 bridgehead atoms. The molecular formula is C23H29N5O2S. The molecule has 3 heterocycles. The Kier molecular flexibility index (Phi) is 6.77. The lowest BCUT2D eigenvalue weighted by atomic mass is 9.89. The largest absolute Gasteiger partial charge is 0.385 e. The van der Waals surface area contributed by atoms with Crippen LogP contribution >= 0.6 is 11.3 Å². The number of carbonyl (C=O) groups is 1. The van der Waals surface area contributed by atoms with Crippen molar-refractivity contribution < 1.29 is 9.53 Å². The summed E-state index contributed by atoms with van der Waals surface area (Å²) < 4.78 is 5.05. The van der Waals surface area contributed by atoms with Gasteiger partial charge >= 0.3 is 0 Å². The van der Waals surface area contributed by atoms with Gasteiger partial charge in [-0.05, 0) is 49.3 Å². The van der Waals surface area contributed by atoms with E-state index < -0.39 is 0 Å². The number of aryl methyl sites for hydroxylation is 1. The van der Waals surface area contributed by atoms with Crippen LogP contribution in [-0.4, -0.2) is 54.7 Å². The van der Waals surface area contributed by atoms with Crippen molar-refractivity contribution >= 4 is 33.3 Å². The highest BCUT2D eigenvalue weighted by Crippen LogP contribution is 2.41. The monoisotopic (exact) mass is 439 g/mol. The van der Waals surface area contributed by atoms with E-state index in [9.17, 15) is 4.79 Å². The van der Waals surface area contributed by atoms with E-state index in [0.29, 0.717) is 24.9 Å². The summed E-state index contributed by atoms with van der Waals surface area (Å²) in [5.41, 5.74) is 2.24. The maximum atomic E-state index is 12.5. The Hall–Kier alpha value is -2.58. The van der Waals surface area contributed by atoms with Crippen LogP contribution < -0.4 is 10.2 Å². The standard InChI is InChI=1S/C23H29N5O2S/c1-15-7-8-17-18(12-15)31-23-20(17)22(26-21(27-23)16-6-4-9-24-13-16)28(2)14-19(29)25-10-5-11-30-3/h4,6,9,13,15H,5,7-8,10-12,14H2,1-3H3,(H,25,29)/t15-/m0/s1. The Bertz CT molecular complexity index is 1050. The number of thiophene rings is 1. The number of carbonyl (C=O) groups excluding carboxylic acids is 1. The van der Waals surface area contributed by atoms with Crippen molar-refractivity contribution in [3.8, 4) is 11.4 Å². The van der Waals surface area contributed by atoms with Crippen LogP contribution in [0.3, 0.4) is 0 Å². The molecule has 3 aromatic heterocycles. The summed E-state index contributed by atoms with van der Waals surface area (Å²) >= 11 is 1.77. The van der Waals surface area contributed by atoms with Gasteiger partial charge in [0.15, 0.2) is 5.82 Å². The molecule has 0 radical (unpaired) electrons. The van der Waals surface area contributed by atoms with Gasteiger partial charge in [-0.1, -0.05) is 6.92 Å². The number of nitrogens with zero attached hydrogens (tertiary/aromatic N) is 4. The summed E-state index contributed by atoms with van der Waals surface area (Å²) in [4.78, 5) is 30.9. The van der Waals surface area contributed by atoms with Gasteiger partial charge in [0.05, 0.1) is 11.9 Å². The molecule has 164 valence electrons. The topological polar surface area (TPSA) is 80.2 Å². The van der Waals surface area contributed by atoms with E-state index in [1.165, 1.54) is 16.9 Å². The van der Waals surface area contributed by atoms with Crippen LogP contribution in [0.15, 0.2) is 24.5 Å². The predicted molar refractivity (Wildman–Crippen MR) is 125 cm³/mol. The number of nitrogens with one attached hydrogen (secondary N) is 1. The molecule has 0 saturated heterocycles. The zero-order chi connectivity index (χ0) is 21.8. The molecule has 1 atom stereocenters. The van der Waals surface area contributed by atoms with Gasteiger partial charge in [-0.15, -0.1) is 11.3 Å². The van der Waals surface area contributed by atoms with Gasteiger partial charge in [0.2, 0.25) is 5.91 Å². The molecule has 0 unspecified atom stereocenters. The van der Waals surface area contributed by atoms with E-state index in [2.05, 4.69) is 17.2 Å². The number of likely N-dealkylation sites (N-methyl/N-ethyl adjacent to an activating group) is 1. The first kappa shape index (κ1) is 21.6. The van der Waals surface area contributed by atoms with Crippen molar-refractivity contribution in [1.29, 1.82) is 0 Å². The second-order valence-corrected chi connectivity index (χ2v) is 9.28. The van der Waals surface area contributed by atoms with Crippen LogP contribution in [0.1, 0.15) is 30.2 Å². The molecule has 1 amide bonds. The zero-order valence-corrected chi connectivity index (χ0v) is 19.2. The van der Waals surface area contributed by atoms with Crippen molar-refractivity contribution in [1.82, 2.24) is 20.3 Å². The van der Waals surface area contributed by atoms with Gasteiger partial charge in [-0.2, -0.15) is 0 Å². The summed E-state index contributed by atoms with van der Waals surface area (Å²) in [6, 6.07) is 3.86. The first-order chi connectivity index (χ1) is 15.1. The van der Waals surface area contributed by atoms with Gasteiger partial charge in [0.25, 0.3) is 0 Å². The summed E-state index contributed by atoms with van der Waals surface area (Å²) in [6.45, 7) is 3.79. The average Bonchev–Trinajstić information content (AvgIpc) is 3.14. The van der Waals surface area contributed by atoms with Gasteiger partial charge in [0.1, 0.15) is 10.6 Å². The molecule has 1 N–H and O–H groups in total. The highest BCUT2D eigenvalue weighted by molar-refractivity contribution is 7.19. The number of hydrogen-bond acceptors (Lipinski definition) is 7. The first-order valence-corrected chi connectivity index (χ1v) is 11.6. The zero-order valence-electron chi connectivity index (χ0n) is 18.4. The molecule has 0 saturated carbocycles. The molecule has 31 heavy (non-hydrogen) atoms. The van der Waals surface area contributed by atoms with Crippen molar-refractivity contribution in [3.63, 3.8) is 0 Å². The number of amides is 1. The summed E-state index contributed by atoms with van der Waals surface area (Å²) in [6.07, 6.45) is 7.62. The minimum Gasteiger partial charge on any atom is -0.385 e. The molecule has 1 aliphatic carbocycles. The Morgan fingerprint density at radius 3 is 3.03 bits per heavy atom. The number of aromatic nitrogens is 3. The lowest BCUT2D eigenvalue weighted by Crippen LogP contribution is -2.36. The lowest BCUT2D eigenvalue weighted by Gasteiger charge is -2.22. The van der Waals surface area contributed by atoms with Crippen LogP contribution in [0.25, 0.3) is 21.6 Å². The van der Waals surface area contributed by atoms with Crippen LogP contribution in [0.4, 0.5) is 5.82 Å². The lowest BCUT2D eigenvalue weighted by molar-refractivity contribution is -0.119. The molecule has 0 aliphatic heterocycles. The SMILES string of the molecule is COCCCNC(=O)CN(C)c1nc(-c2cccnc2)nc2sc3c(c12)CC[C@H](C)C3. The fraction of sp³-hybridized carbons (Fsp3) is 0.478. The first-order valence-electron chi connectivity index (χ1n) is 10.8. The van der Waals surface area contributed by atoms with Crippen molar-refractivity contribution in [3.05, 3.63) is 35.0 Å². The highest BCUT2D eigenvalue weighted by Gasteiger charge is 2.26. The summed E-state index contributed by atoms with van der Waals surface area (Å²) in [5.74, 6) is 2.13. The Balaban J connectivity index is 1.68. The highest BCUT2D eigenvalue weighted by atomic mass is 32.1. The van der Waals surface area contributed by atoms with Crippen LogP contribution in [0, 0.1) is 5.92 Å². The van der Waals surface area contributed by atoms with Crippen molar-refractivity contribution in [2.24, 2.45) is 5.92 Å². The van der Waals surface area contributed by atoms with Gasteiger partial charge in [-0.3, -0.25) is 9.78 Å². The van der Waals surface area contributed by atoms with E-state index in [1.807, 2.05) is 24.1 Å². The molecule has 8 heteroatoms. The smallest absolute Gasteiger partial charge is 0.239 e. The third-order valence-corrected chi connectivity index (χ3v) is 6.79. The van der Waals surface area contributed by atoms with Crippen LogP contribution in [-0.2, 0) is 22.4 Å². The van der Waals surface area contributed by atoms with Gasteiger partial charge in [-0.25, -0.2) is 9.97 Å². The van der Waals surface area contributed by atoms with E-state index in [-0.39, 0.29) is 12.5 Å². The molecule has 1 aliphatic rings. The number of methoxy groups -OCH3 is 1. The minimum atomic E-state index is -0.0222. The third-order valence-electron chi connectivity index (χ3n) is 5.65. The van der Waals surface area contributed by atoms with E-state index in [4.69, 9.17) is 14.7 Å². The van der Waals surface area contributed by atoms with E-state index in [0.717, 1.165) is 40.9 Å². The van der Waals surface area contributed by atoms with Crippen LogP contribution in [0.5, 0.6) is 0 Å². The number of ether oxygens (including phenoxy) is 1. The maximum absolute atomic E-state index is 12.5. The van der Waals surface area contributed by atoms with E-state index >= 15 is 0 Å². The fourth-order valence-corrected chi connectivity index (χ4v) is 5.39. The number of rotatable bonds is 8. The maximum Gasteiger partial charge on any atom is 0.239 e. The Labute approximate surface area is 186 Å². The van der Waals surface area contributed by atoms with Crippen molar-refractivity contribution in [2.45, 2.75) is 32.6 Å². The summed E-state index contributed by atoms with van der Waals surface area (Å²) in [5, 5.41) is 4.07. The molecule has 0 spiro atoms. The second kappa shape index (κ2) is 9.70. The molecular weight excluding hydrogens is 410 g/mol. The predicted octanol–water partition coefficient (Wildman–Crippen LogP) is 3.47. The van der Waals surface area contributed by atoms with Crippen LogP contribution in [0.2, 0.25) is 0 Å². The van der Waals surface area contributed by atoms with Crippen molar-refractivity contribution in [2.75, 3.05) is 38.8 Å². The number of hydrogen-bond donors (Lipinski definition) is 1. The normalized spacial score (nSPS) is 15.6. The van der Waals surface area contributed by atoms with E-state index in [1.54, 1.807) is 30.8 Å². The third kappa shape index (κ3) is 4.85. The number of anilines is 1. The Morgan fingerprint density at radius 1 is 1.39 bits per heavy atom. The average molecular weight is 440 g/mol. The summed E-state index contributed by atoms with van der Waals surface area (Å²) in [7, 11) is 3.59. The molecule has 4 rings (SSSR count). The minimum absolute atomic E-state index is 0.0222. The number of fused-ring (bicyclic) bond motifs is 3. The molecule has 3 aromatic rings. The number of pyridine rings is 1. The Morgan fingerprint density at radius 2 is 2.26 bits per heavy atom. The second-order valence-electron chi connectivity index (χ2n) is 8.20. The molecule has 0 fully saturated rings.